The van der Waals surface area contributed by atoms with Crippen molar-refractivity contribution in [2.24, 2.45) is 0 Å². The average molecular weight is 374 g/mol. The summed E-state index contributed by atoms with van der Waals surface area (Å²) in [5.41, 5.74) is 3.91. The summed E-state index contributed by atoms with van der Waals surface area (Å²) in [6.45, 7) is 0. The van der Waals surface area contributed by atoms with E-state index < -0.39 is 5.82 Å². The van der Waals surface area contributed by atoms with Crippen LogP contribution in [0.5, 0.6) is 0 Å². The molecule has 2 heterocycles. The van der Waals surface area contributed by atoms with Gasteiger partial charge in [-0.25, -0.2) is 9.37 Å². The van der Waals surface area contributed by atoms with Gasteiger partial charge in [-0.05, 0) is 29.8 Å². The number of hydrogen-bond donors (Lipinski definition) is 0. The Morgan fingerprint density at radius 1 is 0.778 bits per heavy atom. The van der Waals surface area contributed by atoms with E-state index in [0.29, 0.717) is 32.8 Å². The Kier molecular flexibility index (Phi) is 3.69. The highest BCUT2D eigenvalue weighted by Crippen LogP contribution is 2.39. The summed E-state index contributed by atoms with van der Waals surface area (Å²) in [6, 6.07) is 24.0. The Hall–Kier alpha value is -3.17. The smallest absolute Gasteiger partial charge is 0.164 e. The fourth-order valence-electron chi connectivity index (χ4n) is 3.35. The molecule has 0 amide bonds. The van der Waals surface area contributed by atoms with Gasteiger partial charge in [0.25, 0.3) is 0 Å². The van der Waals surface area contributed by atoms with E-state index in [1.165, 1.54) is 0 Å². The molecule has 2 aromatic heterocycles. The molecule has 5 rings (SSSR count). The minimum Gasteiger partial charge on any atom is -0.454 e. The number of furan rings is 1. The first-order valence-corrected chi connectivity index (χ1v) is 8.92. The molecule has 5 aromatic rings. The summed E-state index contributed by atoms with van der Waals surface area (Å²) in [5, 5.41) is 1.46. The first-order valence-electron chi connectivity index (χ1n) is 8.54. The van der Waals surface area contributed by atoms with Crippen LogP contribution < -0.4 is 0 Å². The third-order valence-corrected chi connectivity index (χ3v) is 4.88. The third kappa shape index (κ3) is 2.59. The average Bonchev–Trinajstić information content (AvgIpc) is 3.07. The van der Waals surface area contributed by atoms with Gasteiger partial charge in [0, 0.05) is 16.0 Å². The van der Waals surface area contributed by atoms with Gasteiger partial charge in [0.1, 0.15) is 16.8 Å². The molecule has 0 unspecified atom stereocenters. The van der Waals surface area contributed by atoms with Crippen molar-refractivity contribution >= 4 is 33.7 Å². The SMILES string of the molecule is Fc1c(-c2ccc(Cl)cc2)nc2c(oc3ccccc32)c1-c1ccccc1. The summed E-state index contributed by atoms with van der Waals surface area (Å²) in [6.07, 6.45) is 0. The van der Waals surface area contributed by atoms with E-state index in [1.54, 1.807) is 24.3 Å². The number of halogens is 2. The van der Waals surface area contributed by atoms with E-state index in [2.05, 4.69) is 4.98 Å². The minimum absolute atomic E-state index is 0.282. The van der Waals surface area contributed by atoms with Crippen molar-refractivity contribution in [1.82, 2.24) is 4.98 Å². The lowest BCUT2D eigenvalue weighted by Gasteiger charge is -2.09. The van der Waals surface area contributed by atoms with E-state index in [0.717, 1.165) is 10.9 Å². The maximum atomic E-state index is 15.6. The van der Waals surface area contributed by atoms with Gasteiger partial charge < -0.3 is 4.42 Å². The highest BCUT2D eigenvalue weighted by atomic mass is 35.5. The molecule has 3 aromatic carbocycles. The van der Waals surface area contributed by atoms with Crippen LogP contribution in [-0.4, -0.2) is 4.98 Å². The van der Waals surface area contributed by atoms with E-state index in [4.69, 9.17) is 16.0 Å². The molecule has 27 heavy (non-hydrogen) atoms. The normalized spacial score (nSPS) is 11.3. The third-order valence-electron chi connectivity index (χ3n) is 4.63. The topological polar surface area (TPSA) is 26.0 Å². The molecule has 0 fully saturated rings. The summed E-state index contributed by atoms with van der Waals surface area (Å²) >= 11 is 5.99. The van der Waals surface area contributed by atoms with Gasteiger partial charge in [0.2, 0.25) is 0 Å². The second-order valence-electron chi connectivity index (χ2n) is 6.30. The molecule has 0 N–H and O–H groups in total. The van der Waals surface area contributed by atoms with Gasteiger partial charge in [0.15, 0.2) is 11.4 Å². The van der Waals surface area contributed by atoms with Gasteiger partial charge in [-0.15, -0.1) is 0 Å². The molecule has 0 aliphatic rings. The number of pyridine rings is 1. The van der Waals surface area contributed by atoms with Crippen molar-refractivity contribution in [1.29, 1.82) is 0 Å². The zero-order valence-corrected chi connectivity index (χ0v) is 14.9. The van der Waals surface area contributed by atoms with E-state index >= 15 is 4.39 Å². The van der Waals surface area contributed by atoms with E-state index in [9.17, 15) is 0 Å². The number of nitrogens with zero attached hydrogens (tertiary/aromatic N) is 1. The Balaban J connectivity index is 1.93. The zero-order valence-electron chi connectivity index (χ0n) is 14.1. The molecule has 0 aliphatic heterocycles. The molecule has 130 valence electrons. The van der Waals surface area contributed by atoms with Gasteiger partial charge in [-0.1, -0.05) is 66.2 Å². The predicted molar refractivity (Wildman–Crippen MR) is 107 cm³/mol. The molecule has 0 aliphatic carbocycles. The van der Waals surface area contributed by atoms with Crippen LogP contribution in [0.2, 0.25) is 5.02 Å². The van der Waals surface area contributed by atoms with Crippen molar-refractivity contribution in [2.45, 2.75) is 0 Å². The minimum atomic E-state index is -0.407. The van der Waals surface area contributed by atoms with Gasteiger partial charge >= 0.3 is 0 Å². The first kappa shape index (κ1) is 16.0. The molecule has 0 saturated carbocycles. The van der Waals surface area contributed by atoms with Crippen molar-refractivity contribution < 1.29 is 8.81 Å². The Bertz CT molecular complexity index is 1280. The number of fused-ring (bicyclic) bond motifs is 3. The highest BCUT2D eigenvalue weighted by Gasteiger charge is 2.22. The molecular formula is C23H13ClFNO. The summed E-state index contributed by atoms with van der Waals surface area (Å²) < 4.78 is 21.7. The Morgan fingerprint density at radius 3 is 2.26 bits per heavy atom. The fourth-order valence-corrected chi connectivity index (χ4v) is 3.48. The van der Waals surface area contributed by atoms with Crippen LogP contribution in [0.25, 0.3) is 44.5 Å². The van der Waals surface area contributed by atoms with Crippen molar-refractivity contribution in [3.05, 3.63) is 89.7 Å². The standard InChI is InChI=1S/C23H13ClFNO/c24-16-12-10-15(11-13-16)21-20(25)19(14-6-2-1-3-7-14)23-22(26-21)17-8-4-5-9-18(17)27-23/h1-13H. The molecule has 0 radical (unpaired) electrons. The van der Waals surface area contributed by atoms with Crippen molar-refractivity contribution in [3.8, 4) is 22.4 Å². The lowest BCUT2D eigenvalue weighted by atomic mass is 10.0. The number of benzene rings is 3. The van der Waals surface area contributed by atoms with Crippen LogP contribution in [0.4, 0.5) is 4.39 Å². The van der Waals surface area contributed by atoms with Crippen molar-refractivity contribution in [2.75, 3.05) is 0 Å². The molecule has 0 bridgehead atoms. The highest BCUT2D eigenvalue weighted by molar-refractivity contribution is 6.30. The molecule has 0 saturated heterocycles. The molecule has 0 atom stereocenters. The van der Waals surface area contributed by atoms with Crippen LogP contribution in [0.3, 0.4) is 0 Å². The monoisotopic (exact) mass is 373 g/mol. The molecule has 2 nitrogen and oxygen atoms in total. The summed E-state index contributed by atoms with van der Waals surface area (Å²) in [7, 11) is 0. The zero-order chi connectivity index (χ0) is 18.4. The lowest BCUT2D eigenvalue weighted by Crippen LogP contribution is -1.95. The Morgan fingerprint density at radius 2 is 1.48 bits per heavy atom. The van der Waals surface area contributed by atoms with Gasteiger partial charge in [0.05, 0.1) is 5.56 Å². The van der Waals surface area contributed by atoms with E-state index in [1.807, 2.05) is 54.6 Å². The quantitative estimate of drug-likeness (QED) is 0.329. The van der Waals surface area contributed by atoms with Crippen LogP contribution in [0.1, 0.15) is 0 Å². The Labute approximate surface area is 159 Å². The molecule has 4 heteroatoms. The van der Waals surface area contributed by atoms with Gasteiger partial charge in [-0.3, -0.25) is 0 Å². The second-order valence-corrected chi connectivity index (χ2v) is 6.73. The fraction of sp³-hybridized carbons (Fsp3) is 0. The van der Waals surface area contributed by atoms with Crippen LogP contribution in [0, 0.1) is 5.82 Å². The van der Waals surface area contributed by atoms with E-state index in [-0.39, 0.29) is 5.69 Å². The van der Waals surface area contributed by atoms with Gasteiger partial charge in [-0.2, -0.15) is 0 Å². The number of para-hydroxylation sites is 1. The maximum absolute atomic E-state index is 15.6. The second kappa shape index (κ2) is 6.22. The lowest BCUT2D eigenvalue weighted by molar-refractivity contribution is 0.620. The van der Waals surface area contributed by atoms with Crippen LogP contribution >= 0.6 is 11.6 Å². The number of aromatic nitrogens is 1. The largest absolute Gasteiger partial charge is 0.454 e. The summed E-state index contributed by atoms with van der Waals surface area (Å²) in [4.78, 5) is 4.64. The van der Waals surface area contributed by atoms with Crippen LogP contribution in [-0.2, 0) is 0 Å². The number of hydrogen-bond acceptors (Lipinski definition) is 2. The maximum Gasteiger partial charge on any atom is 0.164 e. The van der Waals surface area contributed by atoms with Crippen molar-refractivity contribution in [3.63, 3.8) is 0 Å². The first-order chi connectivity index (χ1) is 13.2. The molecule has 0 spiro atoms. The predicted octanol–water partition coefficient (Wildman–Crippen LogP) is 7.11. The summed E-state index contributed by atoms with van der Waals surface area (Å²) in [5.74, 6) is -0.407. The molecular weight excluding hydrogens is 361 g/mol. The number of rotatable bonds is 2. The van der Waals surface area contributed by atoms with Crippen LogP contribution in [0.15, 0.2) is 83.3 Å².